The fourth-order valence-corrected chi connectivity index (χ4v) is 3.93. The Hall–Kier alpha value is -2.62. The van der Waals surface area contributed by atoms with Gasteiger partial charge >= 0.3 is 6.09 Å². The molecule has 0 bridgehead atoms. The van der Waals surface area contributed by atoms with Crippen molar-refractivity contribution >= 4 is 27.8 Å². The number of likely N-dealkylation sites (tertiary alicyclic amines) is 1. The third-order valence-electron chi connectivity index (χ3n) is 5.10. The summed E-state index contributed by atoms with van der Waals surface area (Å²) in [6, 6.07) is 16.7. The van der Waals surface area contributed by atoms with Crippen LogP contribution in [0.5, 0.6) is 0 Å². The SMILES string of the molecule is CC(C)(C)OC(=O)N1CCCC(c2nc3ccccc3c3ccccc23)C1. The molecule has 0 N–H and O–H groups in total. The van der Waals surface area contributed by atoms with Gasteiger partial charge in [-0.1, -0.05) is 42.5 Å². The van der Waals surface area contributed by atoms with Crippen molar-refractivity contribution in [2.24, 2.45) is 0 Å². The molecule has 1 aliphatic rings. The number of hydrogen-bond acceptors (Lipinski definition) is 3. The number of fused-ring (bicyclic) bond motifs is 3. The molecule has 1 fully saturated rings. The number of ether oxygens (including phenoxy) is 1. The highest BCUT2D eigenvalue weighted by Gasteiger charge is 2.30. The van der Waals surface area contributed by atoms with Crippen LogP contribution in [0.4, 0.5) is 4.79 Å². The van der Waals surface area contributed by atoms with Crippen molar-refractivity contribution in [1.82, 2.24) is 9.88 Å². The molecule has 4 heteroatoms. The van der Waals surface area contributed by atoms with Crippen LogP contribution in [-0.2, 0) is 4.74 Å². The maximum atomic E-state index is 12.5. The molecule has 1 unspecified atom stereocenters. The highest BCUT2D eigenvalue weighted by molar-refractivity contribution is 6.06. The molecular weight excluding hydrogens is 336 g/mol. The maximum Gasteiger partial charge on any atom is 0.410 e. The Labute approximate surface area is 160 Å². The van der Waals surface area contributed by atoms with Gasteiger partial charge in [-0.05, 0) is 45.1 Å². The largest absolute Gasteiger partial charge is 0.444 e. The second-order valence-electron chi connectivity index (χ2n) is 8.33. The van der Waals surface area contributed by atoms with Crippen LogP contribution >= 0.6 is 0 Å². The average Bonchev–Trinajstić information content (AvgIpc) is 2.66. The quantitative estimate of drug-likeness (QED) is 0.537. The highest BCUT2D eigenvalue weighted by Crippen LogP contribution is 2.34. The lowest BCUT2D eigenvalue weighted by molar-refractivity contribution is 0.0197. The molecule has 0 radical (unpaired) electrons. The molecule has 0 saturated carbocycles. The second kappa shape index (κ2) is 6.84. The standard InChI is InChI=1S/C23H26N2O2/c1-23(2,3)27-22(26)25-14-8-9-16(15-25)21-19-12-5-4-10-17(19)18-11-6-7-13-20(18)24-21/h4-7,10-13,16H,8-9,14-15H2,1-3H3. The van der Waals surface area contributed by atoms with E-state index in [-0.39, 0.29) is 12.0 Å². The minimum Gasteiger partial charge on any atom is -0.444 e. The van der Waals surface area contributed by atoms with Gasteiger partial charge in [0, 0.05) is 29.8 Å². The molecule has 0 aliphatic carbocycles. The lowest BCUT2D eigenvalue weighted by Crippen LogP contribution is -2.42. The van der Waals surface area contributed by atoms with E-state index in [9.17, 15) is 4.79 Å². The Kier molecular flexibility index (Phi) is 4.50. The third kappa shape index (κ3) is 3.61. The summed E-state index contributed by atoms with van der Waals surface area (Å²) in [7, 11) is 0. The summed E-state index contributed by atoms with van der Waals surface area (Å²) in [6.45, 7) is 7.13. The van der Waals surface area contributed by atoms with E-state index in [1.807, 2.05) is 31.7 Å². The van der Waals surface area contributed by atoms with Crippen molar-refractivity contribution in [3.8, 4) is 0 Å². The number of benzene rings is 2. The number of rotatable bonds is 1. The minimum atomic E-state index is -0.474. The summed E-state index contributed by atoms with van der Waals surface area (Å²) >= 11 is 0. The van der Waals surface area contributed by atoms with E-state index in [1.54, 1.807) is 0 Å². The van der Waals surface area contributed by atoms with Gasteiger partial charge in [-0.15, -0.1) is 0 Å². The summed E-state index contributed by atoms with van der Waals surface area (Å²) in [5.74, 6) is 0.223. The van der Waals surface area contributed by atoms with Crippen LogP contribution < -0.4 is 0 Å². The molecule has 3 aromatic rings. The number of nitrogens with zero attached hydrogens (tertiary/aromatic N) is 2. The van der Waals surface area contributed by atoms with Crippen molar-refractivity contribution in [2.75, 3.05) is 13.1 Å². The number of para-hydroxylation sites is 1. The molecule has 1 atom stereocenters. The number of pyridine rings is 1. The molecule has 140 valence electrons. The zero-order chi connectivity index (χ0) is 19.0. The van der Waals surface area contributed by atoms with Crippen molar-refractivity contribution in [2.45, 2.75) is 45.1 Å². The second-order valence-corrected chi connectivity index (χ2v) is 8.33. The van der Waals surface area contributed by atoms with E-state index >= 15 is 0 Å². The highest BCUT2D eigenvalue weighted by atomic mass is 16.6. The maximum absolute atomic E-state index is 12.5. The fraction of sp³-hybridized carbons (Fsp3) is 0.391. The van der Waals surface area contributed by atoms with Crippen molar-refractivity contribution in [3.63, 3.8) is 0 Å². The van der Waals surface area contributed by atoms with Gasteiger partial charge in [0.2, 0.25) is 0 Å². The average molecular weight is 362 g/mol. The zero-order valence-electron chi connectivity index (χ0n) is 16.2. The van der Waals surface area contributed by atoms with Gasteiger partial charge in [0.05, 0.1) is 11.2 Å². The van der Waals surface area contributed by atoms with E-state index in [1.165, 1.54) is 16.2 Å². The van der Waals surface area contributed by atoms with Crippen LogP contribution in [0.3, 0.4) is 0 Å². The molecule has 2 aromatic carbocycles. The molecule has 1 saturated heterocycles. The third-order valence-corrected chi connectivity index (χ3v) is 5.10. The molecule has 4 rings (SSSR count). The predicted octanol–water partition coefficient (Wildman–Crippen LogP) is 5.50. The Bertz CT molecular complexity index is 990. The van der Waals surface area contributed by atoms with Gasteiger partial charge in [-0.25, -0.2) is 4.79 Å². The van der Waals surface area contributed by atoms with E-state index in [0.29, 0.717) is 6.54 Å². The van der Waals surface area contributed by atoms with Crippen LogP contribution in [0.15, 0.2) is 48.5 Å². The summed E-state index contributed by atoms with van der Waals surface area (Å²) in [5.41, 5.74) is 1.64. The number of aromatic nitrogens is 1. The van der Waals surface area contributed by atoms with Crippen LogP contribution in [-0.4, -0.2) is 34.7 Å². The molecule has 1 aromatic heterocycles. The van der Waals surface area contributed by atoms with Gasteiger partial charge in [0.1, 0.15) is 5.60 Å². The van der Waals surface area contributed by atoms with Crippen LogP contribution in [0.25, 0.3) is 21.7 Å². The van der Waals surface area contributed by atoms with Crippen LogP contribution in [0, 0.1) is 0 Å². The molecule has 27 heavy (non-hydrogen) atoms. The molecular formula is C23H26N2O2. The summed E-state index contributed by atoms with van der Waals surface area (Å²) in [5, 5.41) is 3.59. The van der Waals surface area contributed by atoms with Gasteiger partial charge in [0.15, 0.2) is 0 Å². The number of hydrogen-bond donors (Lipinski definition) is 0. The first kappa shape index (κ1) is 17.8. The summed E-state index contributed by atoms with van der Waals surface area (Å²) in [4.78, 5) is 19.4. The normalized spacial score (nSPS) is 18.0. The first-order chi connectivity index (χ1) is 12.9. The number of amides is 1. The van der Waals surface area contributed by atoms with Gasteiger partial charge < -0.3 is 9.64 Å². The van der Waals surface area contributed by atoms with Crippen molar-refractivity contribution in [3.05, 3.63) is 54.2 Å². The molecule has 0 spiro atoms. The summed E-state index contributed by atoms with van der Waals surface area (Å²) < 4.78 is 5.59. The molecule has 1 amide bonds. The zero-order valence-corrected chi connectivity index (χ0v) is 16.2. The topological polar surface area (TPSA) is 42.4 Å². The van der Waals surface area contributed by atoms with E-state index in [0.717, 1.165) is 30.6 Å². The first-order valence-electron chi connectivity index (χ1n) is 9.68. The Morgan fingerprint density at radius 2 is 1.70 bits per heavy atom. The van der Waals surface area contributed by atoms with Crippen molar-refractivity contribution in [1.29, 1.82) is 0 Å². The molecule has 2 heterocycles. The van der Waals surface area contributed by atoms with Gasteiger partial charge in [-0.2, -0.15) is 0 Å². The smallest absolute Gasteiger partial charge is 0.410 e. The molecule has 1 aliphatic heterocycles. The van der Waals surface area contributed by atoms with Gasteiger partial charge in [-0.3, -0.25) is 4.98 Å². The number of carbonyl (C=O) groups excluding carboxylic acids is 1. The Balaban J connectivity index is 1.72. The lowest BCUT2D eigenvalue weighted by Gasteiger charge is -2.34. The van der Waals surface area contributed by atoms with E-state index < -0.39 is 5.60 Å². The van der Waals surface area contributed by atoms with Gasteiger partial charge in [0.25, 0.3) is 0 Å². The summed E-state index contributed by atoms with van der Waals surface area (Å²) in [6.07, 6.45) is 1.78. The monoisotopic (exact) mass is 362 g/mol. The first-order valence-corrected chi connectivity index (χ1v) is 9.68. The number of piperidine rings is 1. The minimum absolute atomic E-state index is 0.223. The lowest BCUT2D eigenvalue weighted by atomic mass is 9.90. The van der Waals surface area contributed by atoms with Crippen molar-refractivity contribution < 1.29 is 9.53 Å². The van der Waals surface area contributed by atoms with E-state index in [4.69, 9.17) is 9.72 Å². The Morgan fingerprint density at radius 1 is 1.04 bits per heavy atom. The Morgan fingerprint density at radius 3 is 2.44 bits per heavy atom. The van der Waals surface area contributed by atoms with E-state index in [2.05, 4.69) is 42.5 Å². The molecule has 4 nitrogen and oxygen atoms in total. The number of carbonyl (C=O) groups is 1. The fourth-order valence-electron chi connectivity index (χ4n) is 3.93. The van der Waals surface area contributed by atoms with Crippen LogP contribution in [0.1, 0.15) is 45.2 Å². The van der Waals surface area contributed by atoms with Crippen LogP contribution in [0.2, 0.25) is 0 Å². The predicted molar refractivity (Wildman–Crippen MR) is 109 cm³/mol.